The van der Waals surface area contributed by atoms with Crippen LogP contribution in [0, 0.1) is 5.92 Å². The lowest BCUT2D eigenvalue weighted by Gasteiger charge is -2.24. The van der Waals surface area contributed by atoms with Crippen LogP contribution in [-0.4, -0.2) is 40.1 Å². The van der Waals surface area contributed by atoms with Crippen LogP contribution in [0.15, 0.2) is 18.3 Å². The van der Waals surface area contributed by atoms with Crippen LogP contribution in [0.5, 0.6) is 0 Å². The molecule has 1 atom stereocenters. The highest BCUT2D eigenvalue weighted by Crippen LogP contribution is 2.13. The average molecular weight is 279 g/mol. The smallest absolute Gasteiger partial charge is 0.356 e. The average Bonchev–Trinajstić information content (AvgIpc) is 2.44. The Balaban J connectivity index is 2.81. The summed E-state index contributed by atoms with van der Waals surface area (Å²) in [7, 11) is 0. The van der Waals surface area contributed by atoms with Gasteiger partial charge in [0.25, 0.3) is 0 Å². The second kappa shape index (κ2) is 7.47. The highest BCUT2D eigenvalue weighted by Gasteiger charge is 2.18. The second-order valence-electron chi connectivity index (χ2n) is 4.69. The van der Waals surface area contributed by atoms with Crippen molar-refractivity contribution >= 4 is 17.7 Å². The molecule has 6 heteroatoms. The first-order valence-electron chi connectivity index (χ1n) is 6.73. The Morgan fingerprint density at radius 3 is 2.70 bits per heavy atom. The first kappa shape index (κ1) is 15.9. The molecule has 0 aliphatic heterocycles. The minimum atomic E-state index is -1.16. The normalized spacial score (nSPS) is 11.8. The van der Waals surface area contributed by atoms with E-state index in [9.17, 15) is 9.59 Å². The Morgan fingerprint density at radius 1 is 1.45 bits per heavy atom. The summed E-state index contributed by atoms with van der Waals surface area (Å²) >= 11 is 0. The molecule has 0 saturated carbocycles. The zero-order valence-electron chi connectivity index (χ0n) is 12.1. The first-order chi connectivity index (χ1) is 9.49. The van der Waals surface area contributed by atoms with E-state index in [1.54, 1.807) is 11.0 Å². The van der Waals surface area contributed by atoms with Gasteiger partial charge in [-0.15, -0.1) is 0 Å². The summed E-state index contributed by atoms with van der Waals surface area (Å²) in [6.07, 6.45) is 2.37. The molecule has 6 nitrogen and oxygen atoms in total. The molecule has 1 unspecified atom stereocenters. The van der Waals surface area contributed by atoms with E-state index in [1.807, 2.05) is 6.92 Å². The number of anilines is 1. The fourth-order valence-electron chi connectivity index (χ4n) is 1.73. The third-order valence-corrected chi connectivity index (χ3v) is 3.15. The van der Waals surface area contributed by atoms with E-state index in [0.29, 0.717) is 19.0 Å². The minimum Gasteiger partial charge on any atom is -0.476 e. The Bertz CT molecular complexity index is 476. The number of nitrogens with one attached hydrogen (secondary N) is 1. The molecule has 1 aromatic heterocycles. The molecule has 0 aromatic carbocycles. The Kier molecular flexibility index (Phi) is 5.96. The van der Waals surface area contributed by atoms with Gasteiger partial charge in [-0.25, -0.2) is 14.6 Å². The lowest BCUT2D eigenvalue weighted by molar-refractivity contribution is 0.0691. The van der Waals surface area contributed by atoms with Gasteiger partial charge in [-0.05, 0) is 25.0 Å². The first-order valence-corrected chi connectivity index (χ1v) is 6.73. The number of pyridine rings is 1. The fourth-order valence-corrected chi connectivity index (χ4v) is 1.73. The van der Waals surface area contributed by atoms with Crippen molar-refractivity contribution in [3.63, 3.8) is 0 Å². The van der Waals surface area contributed by atoms with Crippen LogP contribution in [0.1, 0.15) is 37.7 Å². The largest absolute Gasteiger partial charge is 0.476 e. The van der Waals surface area contributed by atoms with E-state index in [2.05, 4.69) is 24.1 Å². The lowest BCUT2D eigenvalue weighted by atomic mass is 10.1. The summed E-state index contributed by atoms with van der Waals surface area (Å²) in [5.41, 5.74) is 0.0630. The van der Waals surface area contributed by atoms with E-state index >= 15 is 0 Å². The van der Waals surface area contributed by atoms with E-state index in [1.165, 1.54) is 12.3 Å². The topological polar surface area (TPSA) is 82.5 Å². The van der Waals surface area contributed by atoms with Crippen molar-refractivity contribution in [2.75, 3.05) is 18.4 Å². The minimum absolute atomic E-state index is 0.152. The van der Waals surface area contributed by atoms with Gasteiger partial charge in [0.05, 0.1) is 5.69 Å². The SMILES string of the molecule is CCC(C)CN(CC)C(=O)Nc1cccnc1C(=O)O. The van der Waals surface area contributed by atoms with Gasteiger partial charge in [0.2, 0.25) is 0 Å². The summed E-state index contributed by atoms with van der Waals surface area (Å²) in [4.78, 5) is 28.6. The van der Waals surface area contributed by atoms with Gasteiger partial charge in [0.1, 0.15) is 0 Å². The molecule has 0 saturated heterocycles. The van der Waals surface area contributed by atoms with Crippen LogP contribution in [0.25, 0.3) is 0 Å². The summed E-state index contributed by atoms with van der Waals surface area (Å²) in [6, 6.07) is 2.82. The molecule has 1 aromatic rings. The van der Waals surface area contributed by atoms with E-state index in [4.69, 9.17) is 5.11 Å². The van der Waals surface area contributed by atoms with Gasteiger partial charge >= 0.3 is 12.0 Å². The highest BCUT2D eigenvalue weighted by molar-refractivity contribution is 5.98. The van der Waals surface area contributed by atoms with Crippen molar-refractivity contribution in [1.82, 2.24) is 9.88 Å². The van der Waals surface area contributed by atoms with E-state index in [0.717, 1.165) is 6.42 Å². The molecule has 20 heavy (non-hydrogen) atoms. The van der Waals surface area contributed by atoms with E-state index in [-0.39, 0.29) is 17.4 Å². The van der Waals surface area contributed by atoms with Crippen molar-refractivity contribution in [3.05, 3.63) is 24.0 Å². The van der Waals surface area contributed by atoms with Gasteiger partial charge in [0.15, 0.2) is 5.69 Å². The number of carbonyl (C=O) groups is 2. The Hall–Kier alpha value is -2.11. The number of aromatic nitrogens is 1. The molecule has 0 radical (unpaired) electrons. The quantitative estimate of drug-likeness (QED) is 0.838. The number of carboxylic acid groups (broad SMARTS) is 1. The Morgan fingerprint density at radius 2 is 2.15 bits per heavy atom. The van der Waals surface area contributed by atoms with Crippen molar-refractivity contribution < 1.29 is 14.7 Å². The monoisotopic (exact) mass is 279 g/mol. The van der Waals surface area contributed by atoms with Crippen molar-refractivity contribution in [1.29, 1.82) is 0 Å². The third-order valence-electron chi connectivity index (χ3n) is 3.15. The lowest BCUT2D eigenvalue weighted by Crippen LogP contribution is -2.38. The number of hydrogen-bond donors (Lipinski definition) is 2. The van der Waals surface area contributed by atoms with Crippen LogP contribution in [0.4, 0.5) is 10.5 Å². The van der Waals surface area contributed by atoms with E-state index < -0.39 is 5.97 Å². The van der Waals surface area contributed by atoms with Crippen molar-refractivity contribution in [2.24, 2.45) is 5.92 Å². The number of hydrogen-bond acceptors (Lipinski definition) is 3. The summed E-state index contributed by atoms with van der Waals surface area (Å²) in [5.74, 6) is -0.764. The number of nitrogens with zero attached hydrogens (tertiary/aromatic N) is 2. The van der Waals surface area contributed by atoms with Crippen LogP contribution in [0.2, 0.25) is 0 Å². The van der Waals surface area contributed by atoms with Crippen LogP contribution in [-0.2, 0) is 0 Å². The molecule has 110 valence electrons. The van der Waals surface area contributed by atoms with Crippen LogP contribution < -0.4 is 5.32 Å². The molecule has 1 rings (SSSR count). The van der Waals surface area contributed by atoms with Crippen molar-refractivity contribution in [3.8, 4) is 0 Å². The molecule has 2 N–H and O–H groups in total. The predicted octanol–water partition coefficient (Wildman–Crippen LogP) is 2.68. The summed E-state index contributed by atoms with van der Waals surface area (Å²) < 4.78 is 0. The fraction of sp³-hybridized carbons (Fsp3) is 0.500. The number of carboxylic acids is 1. The summed E-state index contributed by atoms with van der Waals surface area (Å²) in [5, 5.41) is 11.6. The maximum absolute atomic E-state index is 12.2. The maximum Gasteiger partial charge on any atom is 0.356 e. The zero-order valence-corrected chi connectivity index (χ0v) is 12.1. The molecular formula is C14H21N3O3. The van der Waals surface area contributed by atoms with Crippen LogP contribution >= 0.6 is 0 Å². The molecule has 0 aliphatic carbocycles. The van der Waals surface area contributed by atoms with Gasteiger partial charge < -0.3 is 15.3 Å². The molecule has 0 aliphatic rings. The molecule has 0 bridgehead atoms. The van der Waals surface area contributed by atoms with Gasteiger partial charge in [-0.3, -0.25) is 0 Å². The maximum atomic E-state index is 12.2. The summed E-state index contributed by atoms with van der Waals surface area (Å²) in [6.45, 7) is 7.24. The van der Waals surface area contributed by atoms with Gasteiger partial charge in [0, 0.05) is 19.3 Å². The number of carbonyl (C=O) groups excluding carboxylic acids is 1. The highest BCUT2D eigenvalue weighted by atomic mass is 16.4. The van der Waals surface area contributed by atoms with Gasteiger partial charge in [-0.1, -0.05) is 20.3 Å². The third kappa shape index (κ3) is 4.22. The molecular weight excluding hydrogens is 258 g/mol. The number of urea groups is 1. The zero-order chi connectivity index (χ0) is 15.1. The Labute approximate surface area is 118 Å². The standard InChI is InChI=1S/C14H21N3O3/c1-4-10(3)9-17(5-2)14(20)16-11-7-6-8-15-12(11)13(18)19/h6-8,10H,4-5,9H2,1-3H3,(H,16,20)(H,18,19). The molecule has 0 spiro atoms. The van der Waals surface area contributed by atoms with Crippen molar-refractivity contribution in [2.45, 2.75) is 27.2 Å². The van der Waals surface area contributed by atoms with Gasteiger partial charge in [-0.2, -0.15) is 0 Å². The second-order valence-corrected chi connectivity index (χ2v) is 4.69. The molecule has 0 fully saturated rings. The predicted molar refractivity (Wildman–Crippen MR) is 76.9 cm³/mol. The molecule has 2 amide bonds. The number of aromatic carboxylic acids is 1. The molecule has 1 heterocycles. The van der Waals surface area contributed by atoms with Crippen LogP contribution in [0.3, 0.4) is 0 Å². The number of amides is 2. The number of rotatable bonds is 6.